The molecule has 124 valence electrons. The lowest BCUT2D eigenvalue weighted by Crippen LogP contribution is -2.21. The Bertz CT molecular complexity index is 742. The summed E-state index contributed by atoms with van der Waals surface area (Å²) in [6, 6.07) is 11.3. The number of anilines is 2. The molecule has 0 bridgehead atoms. The normalized spacial score (nSPS) is 9.92. The zero-order valence-electron chi connectivity index (χ0n) is 12.8. The summed E-state index contributed by atoms with van der Waals surface area (Å²) in [5.41, 5.74) is 1.20. The van der Waals surface area contributed by atoms with Crippen LogP contribution in [0.4, 0.5) is 15.8 Å². The Hall–Kier alpha value is -3.22. The molecule has 0 atom stereocenters. The van der Waals surface area contributed by atoms with E-state index in [0.29, 0.717) is 16.9 Å². The summed E-state index contributed by atoms with van der Waals surface area (Å²) in [6.45, 7) is 0. The first-order chi connectivity index (χ1) is 11.5. The van der Waals surface area contributed by atoms with Crippen molar-refractivity contribution in [2.24, 2.45) is 0 Å². The molecule has 24 heavy (non-hydrogen) atoms. The fourth-order valence-electron chi connectivity index (χ4n) is 1.90. The van der Waals surface area contributed by atoms with Crippen LogP contribution < -0.4 is 10.6 Å². The first kappa shape index (κ1) is 17.1. The van der Waals surface area contributed by atoms with E-state index in [1.807, 2.05) is 0 Å². The van der Waals surface area contributed by atoms with Crippen molar-refractivity contribution in [1.29, 1.82) is 0 Å². The van der Waals surface area contributed by atoms with Crippen LogP contribution in [0.5, 0.6) is 0 Å². The fourth-order valence-corrected chi connectivity index (χ4v) is 1.90. The summed E-state index contributed by atoms with van der Waals surface area (Å²) in [5.74, 6) is -1.93. The third-order valence-electron chi connectivity index (χ3n) is 3.04. The number of carbonyl (C=O) groups is 3. The van der Waals surface area contributed by atoms with E-state index in [9.17, 15) is 18.8 Å². The SMILES string of the molecule is COC(=O)c1ccc(NC(=O)CC(=O)Nc2ccc(F)cc2)cc1. The van der Waals surface area contributed by atoms with Gasteiger partial charge in [0.15, 0.2) is 0 Å². The van der Waals surface area contributed by atoms with Gasteiger partial charge in [-0.15, -0.1) is 0 Å². The van der Waals surface area contributed by atoms with Gasteiger partial charge < -0.3 is 15.4 Å². The standard InChI is InChI=1S/C17H15FN2O4/c1-24-17(23)11-2-6-13(7-3-11)19-15(21)10-16(22)20-14-8-4-12(18)5-9-14/h2-9H,10H2,1H3,(H,19,21)(H,20,22). The molecule has 0 saturated heterocycles. The summed E-state index contributed by atoms with van der Waals surface area (Å²) < 4.78 is 17.3. The first-order valence-electron chi connectivity index (χ1n) is 7.01. The van der Waals surface area contributed by atoms with Crippen molar-refractivity contribution in [1.82, 2.24) is 0 Å². The van der Waals surface area contributed by atoms with Crippen molar-refractivity contribution in [3.63, 3.8) is 0 Å². The maximum atomic E-state index is 12.8. The zero-order valence-corrected chi connectivity index (χ0v) is 12.8. The highest BCUT2D eigenvalue weighted by molar-refractivity contribution is 6.08. The van der Waals surface area contributed by atoms with Gasteiger partial charge in [-0.05, 0) is 48.5 Å². The highest BCUT2D eigenvalue weighted by Crippen LogP contribution is 2.12. The largest absolute Gasteiger partial charge is 0.465 e. The maximum Gasteiger partial charge on any atom is 0.337 e. The third-order valence-corrected chi connectivity index (χ3v) is 3.04. The summed E-state index contributed by atoms with van der Waals surface area (Å²) in [7, 11) is 1.28. The number of benzene rings is 2. The number of nitrogens with one attached hydrogen (secondary N) is 2. The molecule has 6 nitrogen and oxygen atoms in total. The van der Waals surface area contributed by atoms with Crippen molar-refractivity contribution in [2.75, 3.05) is 17.7 Å². The van der Waals surface area contributed by atoms with Crippen LogP contribution in [-0.4, -0.2) is 24.9 Å². The average molecular weight is 330 g/mol. The van der Waals surface area contributed by atoms with Crippen molar-refractivity contribution in [3.8, 4) is 0 Å². The Balaban J connectivity index is 1.87. The van der Waals surface area contributed by atoms with Gasteiger partial charge in [0.1, 0.15) is 12.2 Å². The minimum Gasteiger partial charge on any atom is -0.465 e. The van der Waals surface area contributed by atoms with Crippen LogP contribution in [0.3, 0.4) is 0 Å². The van der Waals surface area contributed by atoms with Crippen molar-refractivity contribution in [2.45, 2.75) is 6.42 Å². The molecule has 0 aliphatic carbocycles. The minimum absolute atomic E-state index is 0.351. The number of hydrogen-bond acceptors (Lipinski definition) is 4. The lowest BCUT2D eigenvalue weighted by Gasteiger charge is -2.07. The van der Waals surface area contributed by atoms with Gasteiger partial charge in [0.05, 0.1) is 12.7 Å². The van der Waals surface area contributed by atoms with E-state index >= 15 is 0 Å². The van der Waals surface area contributed by atoms with E-state index in [2.05, 4.69) is 15.4 Å². The first-order valence-corrected chi connectivity index (χ1v) is 7.01. The van der Waals surface area contributed by atoms with Crippen molar-refractivity contribution >= 4 is 29.2 Å². The van der Waals surface area contributed by atoms with Crippen LogP contribution in [0.15, 0.2) is 48.5 Å². The van der Waals surface area contributed by atoms with E-state index in [1.54, 1.807) is 0 Å². The van der Waals surface area contributed by atoms with Crippen LogP contribution >= 0.6 is 0 Å². The van der Waals surface area contributed by atoms with Gasteiger partial charge in [0, 0.05) is 11.4 Å². The fraction of sp³-hybridized carbons (Fsp3) is 0.118. The topological polar surface area (TPSA) is 84.5 Å². The molecule has 0 heterocycles. The summed E-state index contributed by atoms with van der Waals surface area (Å²) in [4.78, 5) is 34.9. The number of halogens is 1. The number of hydrogen-bond donors (Lipinski definition) is 2. The van der Waals surface area contributed by atoms with E-state index in [4.69, 9.17) is 0 Å². The number of carbonyl (C=O) groups excluding carboxylic acids is 3. The third kappa shape index (κ3) is 4.91. The molecular weight excluding hydrogens is 315 g/mol. The summed E-state index contributed by atoms with van der Waals surface area (Å²) in [5, 5.41) is 5.03. The molecule has 0 radical (unpaired) electrons. The Kier molecular flexibility index (Phi) is 5.62. The zero-order chi connectivity index (χ0) is 17.5. The number of ether oxygens (including phenoxy) is 1. The Morgan fingerprint density at radius 1 is 0.875 bits per heavy atom. The molecule has 0 fully saturated rings. The number of amides is 2. The highest BCUT2D eigenvalue weighted by Gasteiger charge is 2.11. The lowest BCUT2D eigenvalue weighted by atomic mass is 10.2. The van der Waals surface area contributed by atoms with Crippen molar-refractivity contribution in [3.05, 3.63) is 59.9 Å². The monoisotopic (exact) mass is 330 g/mol. The van der Waals surface area contributed by atoms with Crippen LogP contribution in [0.1, 0.15) is 16.8 Å². The van der Waals surface area contributed by atoms with Crippen LogP contribution in [-0.2, 0) is 14.3 Å². The van der Waals surface area contributed by atoms with Gasteiger partial charge in [-0.2, -0.15) is 0 Å². The van der Waals surface area contributed by atoms with Gasteiger partial charge in [0.25, 0.3) is 0 Å². The Labute approximate surface area is 137 Å². The molecule has 0 aromatic heterocycles. The summed E-state index contributed by atoms with van der Waals surface area (Å²) in [6.07, 6.45) is -0.393. The lowest BCUT2D eigenvalue weighted by molar-refractivity contribution is -0.123. The Morgan fingerprint density at radius 2 is 1.33 bits per heavy atom. The second-order valence-corrected chi connectivity index (χ2v) is 4.85. The van der Waals surface area contributed by atoms with Gasteiger partial charge in [-0.3, -0.25) is 9.59 Å². The molecule has 2 N–H and O–H groups in total. The molecule has 2 aromatic rings. The number of rotatable bonds is 5. The molecule has 2 rings (SSSR count). The highest BCUT2D eigenvalue weighted by atomic mass is 19.1. The van der Waals surface area contributed by atoms with Gasteiger partial charge >= 0.3 is 5.97 Å². The average Bonchev–Trinajstić information content (AvgIpc) is 2.56. The molecule has 2 aromatic carbocycles. The Morgan fingerprint density at radius 3 is 1.79 bits per heavy atom. The molecule has 0 spiro atoms. The van der Waals surface area contributed by atoms with Gasteiger partial charge in [-0.25, -0.2) is 9.18 Å². The molecule has 2 amide bonds. The maximum absolute atomic E-state index is 12.8. The van der Waals surface area contributed by atoms with Gasteiger partial charge in [0.2, 0.25) is 11.8 Å². The van der Waals surface area contributed by atoms with E-state index in [-0.39, 0.29) is 0 Å². The quantitative estimate of drug-likeness (QED) is 0.652. The molecule has 0 saturated carbocycles. The van der Waals surface area contributed by atoms with E-state index < -0.39 is 30.0 Å². The summed E-state index contributed by atoms with van der Waals surface area (Å²) >= 11 is 0. The molecule has 0 unspecified atom stereocenters. The second kappa shape index (κ2) is 7.87. The molecular formula is C17H15FN2O4. The molecule has 0 aliphatic heterocycles. The van der Waals surface area contributed by atoms with Crippen LogP contribution in [0.2, 0.25) is 0 Å². The van der Waals surface area contributed by atoms with Gasteiger partial charge in [-0.1, -0.05) is 0 Å². The van der Waals surface area contributed by atoms with Crippen LogP contribution in [0, 0.1) is 5.82 Å². The number of esters is 1. The minimum atomic E-state index is -0.523. The van der Waals surface area contributed by atoms with Crippen molar-refractivity contribution < 1.29 is 23.5 Å². The second-order valence-electron chi connectivity index (χ2n) is 4.85. The van der Waals surface area contributed by atoms with Crippen LogP contribution in [0.25, 0.3) is 0 Å². The van der Waals surface area contributed by atoms with E-state index in [1.165, 1.54) is 55.6 Å². The molecule has 7 heteroatoms. The molecule has 0 aliphatic rings. The smallest absolute Gasteiger partial charge is 0.337 e. The van der Waals surface area contributed by atoms with E-state index in [0.717, 1.165) is 0 Å². The predicted molar refractivity (Wildman–Crippen MR) is 86.1 cm³/mol. The predicted octanol–water partition coefficient (Wildman–Crippen LogP) is 2.58. The number of methoxy groups -OCH3 is 1.